The molecule has 2 aromatic heterocycles. The lowest BCUT2D eigenvalue weighted by Gasteiger charge is -2.35. The molecule has 10 heteroatoms. The number of aromatic nitrogens is 4. The van der Waals surface area contributed by atoms with Crippen LogP contribution in [0.25, 0.3) is 0 Å². The third kappa shape index (κ3) is 4.81. The molecule has 0 aliphatic carbocycles. The van der Waals surface area contributed by atoms with Crippen LogP contribution in [0.4, 0.5) is 0 Å². The first-order chi connectivity index (χ1) is 14.6. The molecule has 4 heterocycles. The molecule has 0 radical (unpaired) electrons. The van der Waals surface area contributed by atoms with Crippen LogP contribution in [0.5, 0.6) is 0 Å². The predicted octanol–water partition coefficient (Wildman–Crippen LogP) is 0.400. The number of nitrogens with zero attached hydrogens (tertiary/aromatic N) is 4. The molecule has 2 N–H and O–H groups in total. The van der Waals surface area contributed by atoms with Gasteiger partial charge in [0.05, 0.1) is 12.2 Å². The van der Waals surface area contributed by atoms with Crippen molar-refractivity contribution in [2.24, 2.45) is 0 Å². The lowest BCUT2D eigenvalue weighted by molar-refractivity contribution is 0.0902. The summed E-state index contributed by atoms with van der Waals surface area (Å²) < 4.78 is 1.58. The third-order valence-electron chi connectivity index (χ3n) is 5.67. The van der Waals surface area contributed by atoms with Gasteiger partial charge in [-0.3, -0.25) is 19.3 Å². The Morgan fingerprint density at radius 3 is 3.07 bits per heavy atom. The molecule has 1 unspecified atom stereocenters. The first-order valence-corrected chi connectivity index (χ1v) is 11.5. The Kier molecular flexibility index (Phi) is 6.63. The highest BCUT2D eigenvalue weighted by atomic mass is 32.2. The van der Waals surface area contributed by atoms with Gasteiger partial charge in [-0.2, -0.15) is 16.9 Å². The fraction of sp³-hybridized carbons (Fsp3) is 0.550. The van der Waals surface area contributed by atoms with Gasteiger partial charge in [-0.1, -0.05) is 6.42 Å². The number of rotatable bonds is 6. The molecule has 1 atom stereocenters. The van der Waals surface area contributed by atoms with E-state index in [1.54, 1.807) is 10.7 Å². The van der Waals surface area contributed by atoms with Crippen molar-refractivity contribution in [2.45, 2.75) is 44.0 Å². The molecule has 1 amide bonds. The second-order valence-electron chi connectivity index (χ2n) is 7.64. The Labute approximate surface area is 178 Å². The number of carbonyl (C=O) groups is 1. The molecule has 9 nitrogen and oxygen atoms in total. The van der Waals surface area contributed by atoms with Gasteiger partial charge in [-0.25, -0.2) is 9.67 Å². The number of H-pyrrole nitrogens is 1. The van der Waals surface area contributed by atoms with Crippen LogP contribution in [0.2, 0.25) is 0 Å². The lowest BCUT2D eigenvalue weighted by atomic mass is 10.0. The molecule has 1 saturated heterocycles. The van der Waals surface area contributed by atoms with Gasteiger partial charge in [-0.05, 0) is 30.7 Å². The van der Waals surface area contributed by atoms with E-state index in [1.165, 1.54) is 12.4 Å². The highest BCUT2D eigenvalue weighted by molar-refractivity contribution is 7.98. The number of aromatic amines is 1. The number of nitrogens with one attached hydrogen (secondary N) is 2. The van der Waals surface area contributed by atoms with E-state index in [-0.39, 0.29) is 17.3 Å². The van der Waals surface area contributed by atoms with Crippen LogP contribution in [0.3, 0.4) is 0 Å². The Hall–Kier alpha value is -2.46. The Morgan fingerprint density at radius 1 is 1.30 bits per heavy atom. The van der Waals surface area contributed by atoms with E-state index in [0.29, 0.717) is 19.6 Å². The van der Waals surface area contributed by atoms with Crippen molar-refractivity contribution < 1.29 is 4.79 Å². The molecule has 0 saturated carbocycles. The normalized spacial score (nSPS) is 19.3. The van der Waals surface area contributed by atoms with Crippen LogP contribution in [0.1, 0.15) is 41.0 Å². The highest BCUT2D eigenvalue weighted by Crippen LogP contribution is 2.21. The number of fused-ring (bicyclic) bond motifs is 1. The fourth-order valence-electron chi connectivity index (χ4n) is 4.03. The second-order valence-corrected chi connectivity index (χ2v) is 8.75. The number of hydrogen-bond donors (Lipinski definition) is 2. The Morgan fingerprint density at radius 2 is 2.20 bits per heavy atom. The number of thioether (sulfide) groups is 1. The van der Waals surface area contributed by atoms with Crippen molar-refractivity contribution >= 4 is 17.7 Å². The molecule has 160 valence electrons. The van der Waals surface area contributed by atoms with Crippen molar-refractivity contribution in [3.8, 4) is 0 Å². The van der Waals surface area contributed by atoms with Crippen molar-refractivity contribution in [2.75, 3.05) is 25.4 Å². The third-order valence-corrected chi connectivity index (χ3v) is 6.68. The average molecular weight is 431 g/mol. The van der Waals surface area contributed by atoms with E-state index in [1.807, 2.05) is 11.8 Å². The van der Waals surface area contributed by atoms with Crippen molar-refractivity contribution in [1.29, 1.82) is 0 Å². The molecule has 2 aliphatic heterocycles. The Bertz CT molecular complexity index is 1020. The predicted molar refractivity (Wildman–Crippen MR) is 115 cm³/mol. The van der Waals surface area contributed by atoms with Crippen molar-refractivity contribution in [3.63, 3.8) is 0 Å². The van der Waals surface area contributed by atoms with Crippen LogP contribution in [-0.4, -0.2) is 62.0 Å². The molecule has 1 fully saturated rings. The molecular formula is C20H26N6O3S. The molecular weight excluding hydrogens is 404 g/mol. The van der Waals surface area contributed by atoms with Crippen LogP contribution in [0, 0.1) is 0 Å². The van der Waals surface area contributed by atoms with E-state index < -0.39 is 11.5 Å². The van der Waals surface area contributed by atoms with Gasteiger partial charge in [0.25, 0.3) is 17.0 Å². The number of carbonyl (C=O) groups excluding carboxylic acids is 1. The summed E-state index contributed by atoms with van der Waals surface area (Å²) in [6.45, 7) is 2.59. The molecule has 2 aromatic rings. The largest absolute Gasteiger partial charge is 0.349 e. The van der Waals surface area contributed by atoms with E-state index >= 15 is 0 Å². The van der Waals surface area contributed by atoms with E-state index in [4.69, 9.17) is 0 Å². The highest BCUT2D eigenvalue weighted by Gasteiger charge is 2.24. The maximum Gasteiger partial charge on any atom is 0.279 e. The van der Waals surface area contributed by atoms with E-state index in [9.17, 15) is 14.4 Å². The zero-order valence-electron chi connectivity index (χ0n) is 16.8. The first-order valence-electron chi connectivity index (χ1n) is 10.4. The minimum atomic E-state index is -0.494. The summed E-state index contributed by atoms with van der Waals surface area (Å²) in [6, 6.07) is 1.89. The second kappa shape index (κ2) is 9.57. The molecule has 30 heavy (non-hydrogen) atoms. The van der Waals surface area contributed by atoms with Crippen LogP contribution in [0.15, 0.2) is 28.0 Å². The topological polar surface area (TPSA) is 113 Å². The smallest absolute Gasteiger partial charge is 0.279 e. The summed E-state index contributed by atoms with van der Waals surface area (Å²) in [6.07, 6.45) is 6.85. The lowest BCUT2D eigenvalue weighted by Crippen LogP contribution is -2.48. The minimum absolute atomic E-state index is 0.0486. The summed E-state index contributed by atoms with van der Waals surface area (Å²) in [5.41, 5.74) is 1.44. The fourth-order valence-corrected chi connectivity index (χ4v) is 4.98. The summed E-state index contributed by atoms with van der Waals surface area (Å²) >= 11 is 1.84. The summed E-state index contributed by atoms with van der Waals surface area (Å²) in [4.78, 5) is 45.1. The Balaban J connectivity index is 1.37. The van der Waals surface area contributed by atoms with Gasteiger partial charge in [0.1, 0.15) is 0 Å². The average Bonchev–Trinajstić information content (AvgIpc) is 2.77. The molecule has 2 aliphatic rings. The summed E-state index contributed by atoms with van der Waals surface area (Å²) in [5, 5.41) is 7.43. The number of aryl methyl sites for hydroxylation is 1. The molecule has 0 bridgehead atoms. The van der Waals surface area contributed by atoms with Gasteiger partial charge in [0.2, 0.25) is 0 Å². The monoisotopic (exact) mass is 430 g/mol. The first kappa shape index (κ1) is 20.8. The zero-order valence-corrected chi connectivity index (χ0v) is 17.6. The standard InChI is InChI=1S/C20H26N6O3S/c27-17-11-14-13-30-10-4-16(14)24-26(17)9-8-25-7-2-1-3-15(25)12-23-20(29)18-19(28)22-6-5-21-18/h5-6,11,15H,1-4,7-10,12-13H2,(H,22,28)(H,23,29). The molecule has 0 spiro atoms. The van der Waals surface area contributed by atoms with Crippen LogP contribution in [-0.2, 0) is 18.7 Å². The van der Waals surface area contributed by atoms with Gasteiger partial charge >= 0.3 is 0 Å². The number of likely N-dealkylation sites (tertiary alicyclic amines) is 1. The maximum atomic E-state index is 12.4. The minimum Gasteiger partial charge on any atom is -0.349 e. The van der Waals surface area contributed by atoms with Crippen LogP contribution >= 0.6 is 11.8 Å². The van der Waals surface area contributed by atoms with Gasteiger partial charge in [0, 0.05) is 49.8 Å². The SMILES string of the molecule is O=C(NCC1CCCCN1CCn1nc2c(cc1=O)CSCC2)c1ncc[nH]c1=O. The van der Waals surface area contributed by atoms with Crippen molar-refractivity contribution in [1.82, 2.24) is 30.0 Å². The quantitative estimate of drug-likeness (QED) is 0.682. The number of piperidine rings is 1. The number of amides is 1. The zero-order chi connectivity index (χ0) is 20.9. The number of hydrogen-bond acceptors (Lipinski definition) is 7. The van der Waals surface area contributed by atoms with E-state index in [2.05, 4.69) is 25.3 Å². The summed E-state index contributed by atoms with van der Waals surface area (Å²) in [7, 11) is 0. The van der Waals surface area contributed by atoms with Crippen molar-refractivity contribution in [3.05, 3.63) is 56.1 Å². The molecule has 4 rings (SSSR count). The van der Waals surface area contributed by atoms with Gasteiger partial charge in [-0.15, -0.1) is 0 Å². The maximum absolute atomic E-state index is 12.4. The van der Waals surface area contributed by atoms with E-state index in [0.717, 1.165) is 55.0 Å². The van der Waals surface area contributed by atoms with Gasteiger partial charge < -0.3 is 10.3 Å². The summed E-state index contributed by atoms with van der Waals surface area (Å²) in [5.74, 6) is 1.45. The van der Waals surface area contributed by atoms with Crippen LogP contribution < -0.4 is 16.4 Å². The molecule has 0 aromatic carbocycles. The van der Waals surface area contributed by atoms with Gasteiger partial charge in [0.15, 0.2) is 5.69 Å².